The summed E-state index contributed by atoms with van der Waals surface area (Å²) in [5, 5.41) is 15.2. The van der Waals surface area contributed by atoms with E-state index in [1.54, 1.807) is 12.1 Å². The lowest BCUT2D eigenvalue weighted by Gasteiger charge is -2.39. The number of esters is 1. The van der Waals surface area contributed by atoms with Crippen LogP contribution in [0.1, 0.15) is 42.4 Å². The average molecular weight is 484 g/mol. The Kier molecular flexibility index (Phi) is 7.96. The molecule has 174 valence electrons. The lowest BCUT2D eigenvalue weighted by atomic mass is 9.76. The second-order valence-corrected chi connectivity index (χ2v) is 10.0. The molecular weight excluding hydrogens is 454 g/mol. The number of carbonyl (C=O) groups excluding carboxylic acids is 1. The number of rotatable bonds is 11. The SMILES string of the molecule is CCC[C@@H]1C/C(=N/CCCOc2ccccc2)[C@@H]1OC(=O)C(O)(c1cccs1)c1cccs1. The highest BCUT2D eigenvalue weighted by molar-refractivity contribution is 7.12. The minimum absolute atomic E-state index is 0.245. The Labute approximate surface area is 202 Å². The first-order valence-corrected chi connectivity index (χ1v) is 13.1. The second kappa shape index (κ2) is 11.1. The number of aliphatic imine (C=N–C) groups is 1. The third kappa shape index (κ3) is 5.37. The van der Waals surface area contributed by atoms with Gasteiger partial charge in [-0.25, -0.2) is 4.79 Å². The van der Waals surface area contributed by atoms with Crippen molar-refractivity contribution in [2.75, 3.05) is 13.2 Å². The molecule has 1 N–H and O–H groups in total. The highest BCUT2D eigenvalue weighted by Crippen LogP contribution is 2.39. The number of hydrogen-bond acceptors (Lipinski definition) is 7. The Bertz CT molecular complexity index is 997. The van der Waals surface area contributed by atoms with Gasteiger partial charge < -0.3 is 14.6 Å². The van der Waals surface area contributed by atoms with Crippen LogP contribution in [0.4, 0.5) is 0 Å². The number of thiophene rings is 2. The van der Waals surface area contributed by atoms with Crippen LogP contribution in [-0.4, -0.2) is 36.0 Å². The van der Waals surface area contributed by atoms with Crippen LogP contribution in [0.2, 0.25) is 0 Å². The van der Waals surface area contributed by atoms with Gasteiger partial charge in [0.15, 0.2) is 0 Å². The summed E-state index contributed by atoms with van der Waals surface area (Å²) < 4.78 is 11.7. The zero-order valence-corrected chi connectivity index (χ0v) is 20.3. The van der Waals surface area contributed by atoms with E-state index in [-0.39, 0.29) is 12.0 Å². The predicted octanol–water partition coefficient (Wildman–Crippen LogP) is 5.69. The molecule has 0 saturated heterocycles. The number of ether oxygens (including phenoxy) is 2. The summed E-state index contributed by atoms with van der Waals surface area (Å²) in [4.78, 5) is 19.2. The lowest BCUT2D eigenvalue weighted by Crippen LogP contribution is -2.49. The molecule has 2 heterocycles. The van der Waals surface area contributed by atoms with Crippen LogP contribution in [0, 0.1) is 5.92 Å². The zero-order chi connectivity index (χ0) is 23.1. The molecule has 33 heavy (non-hydrogen) atoms. The molecule has 0 radical (unpaired) electrons. The van der Waals surface area contributed by atoms with Crippen LogP contribution in [0.25, 0.3) is 0 Å². The maximum absolute atomic E-state index is 13.4. The molecule has 0 amide bonds. The number of benzene rings is 1. The van der Waals surface area contributed by atoms with E-state index in [4.69, 9.17) is 14.5 Å². The van der Waals surface area contributed by atoms with Gasteiger partial charge in [0.1, 0.15) is 11.9 Å². The first kappa shape index (κ1) is 23.7. The van der Waals surface area contributed by atoms with Crippen molar-refractivity contribution in [2.45, 2.75) is 44.3 Å². The maximum atomic E-state index is 13.4. The van der Waals surface area contributed by atoms with Crippen molar-refractivity contribution in [1.82, 2.24) is 0 Å². The molecule has 0 bridgehead atoms. The van der Waals surface area contributed by atoms with Gasteiger partial charge in [-0.15, -0.1) is 22.7 Å². The van der Waals surface area contributed by atoms with Gasteiger partial charge >= 0.3 is 5.97 Å². The van der Waals surface area contributed by atoms with E-state index in [9.17, 15) is 9.90 Å². The average Bonchev–Trinajstić information content (AvgIpc) is 3.56. The van der Waals surface area contributed by atoms with Gasteiger partial charge in [-0.05, 0) is 47.9 Å². The quantitative estimate of drug-likeness (QED) is 0.281. The standard InChI is InChI=1S/C26H29NO4S2/c1-2-9-19-18-21(27-14-8-15-30-20-10-4-3-5-11-20)24(19)31-25(28)26(29,22-12-6-16-32-22)23-13-7-17-33-23/h3-7,10-13,16-17,19,24,29H,2,8-9,14-15,18H2,1H3/b27-21-/t19-,24-/m1/s1. The van der Waals surface area contributed by atoms with E-state index >= 15 is 0 Å². The number of carbonyl (C=O) groups is 1. The molecular formula is C26H29NO4S2. The lowest BCUT2D eigenvalue weighted by molar-refractivity contribution is -0.168. The number of hydrogen-bond donors (Lipinski definition) is 1. The van der Waals surface area contributed by atoms with Crippen LogP contribution < -0.4 is 4.74 Å². The molecule has 1 saturated carbocycles. The molecule has 2 atom stereocenters. The van der Waals surface area contributed by atoms with Crippen LogP contribution >= 0.6 is 22.7 Å². The number of aliphatic hydroxyl groups is 1. The van der Waals surface area contributed by atoms with Gasteiger partial charge in [-0.3, -0.25) is 4.99 Å². The smallest absolute Gasteiger partial charge is 0.350 e. The molecule has 0 unspecified atom stereocenters. The fraction of sp³-hybridized carbons (Fsp3) is 0.385. The van der Waals surface area contributed by atoms with E-state index < -0.39 is 11.6 Å². The summed E-state index contributed by atoms with van der Waals surface area (Å²) in [5.74, 6) is 0.470. The van der Waals surface area contributed by atoms with Crippen molar-refractivity contribution in [3.8, 4) is 5.75 Å². The highest BCUT2D eigenvalue weighted by Gasteiger charge is 2.48. The monoisotopic (exact) mass is 483 g/mol. The molecule has 3 aromatic rings. The molecule has 7 heteroatoms. The molecule has 4 rings (SSSR count). The summed E-state index contributed by atoms with van der Waals surface area (Å²) in [5.41, 5.74) is -0.884. The summed E-state index contributed by atoms with van der Waals surface area (Å²) in [6.45, 7) is 3.33. The van der Waals surface area contributed by atoms with Crippen molar-refractivity contribution >= 4 is 34.4 Å². The van der Waals surface area contributed by atoms with Crippen molar-refractivity contribution in [1.29, 1.82) is 0 Å². The minimum atomic E-state index is -1.79. The fourth-order valence-corrected chi connectivity index (χ4v) is 5.75. The van der Waals surface area contributed by atoms with E-state index in [0.717, 1.165) is 37.1 Å². The number of para-hydroxylation sites is 1. The third-order valence-corrected chi connectivity index (χ3v) is 7.76. The van der Waals surface area contributed by atoms with Gasteiger partial charge in [-0.2, -0.15) is 0 Å². The van der Waals surface area contributed by atoms with Crippen molar-refractivity contribution in [2.24, 2.45) is 10.9 Å². The molecule has 1 aliphatic carbocycles. The predicted molar refractivity (Wildman–Crippen MR) is 133 cm³/mol. The van der Waals surface area contributed by atoms with Gasteiger partial charge in [0, 0.05) is 18.9 Å². The fourth-order valence-electron chi connectivity index (χ4n) is 4.03. The van der Waals surface area contributed by atoms with Gasteiger partial charge in [0.25, 0.3) is 0 Å². The Morgan fingerprint density at radius 1 is 1.09 bits per heavy atom. The van der Waals surface area contributed by atoms with Crippen molar-refractivity contribution in [3.63, 3.8) is 0 Å². The minimum Gasteiger partial charge on any atom is -0.494 e. The van der Waals surface area contributed by atoms with Crippen molar-refractivity contribution in [3.05, 3.63) is 75.1 Å². The van der Waals surface area contributed by atoms with Gasteiger partial charge in [0.05, 0.1) is 22.1 Å². The van der Waals surface area contributed by atoms with Gasteiger partial charge in [-0.1, -0.05) is 43.7 Å². The Morgan fingerprint density at radius 3 is 2.39 bits per heavy atom. The Balaban J connectivity index is 1.41. The molecule has 1 aromatic carbocycles. The van der Waals surface area contributed by atoms with Crippen LogP contribution in [0.15, 0.2) is 70.3 Å². The Morgan fingerprint density at radius 2 is 1.79 bits per heavy atom. The summed E-state index contributed by atoms with van der Waals surface area (Å²) in [7, 11) is 0. The normalized spacial score (nSPS) is 19.3. The Hall–Kier alpha value is -2.48. The van der Waals surface area contributed by atoms with E-state index in [1.165, 1.54) is 22.7 Å². The topological polar surface area (TPSA) is 68.1 Å². The van der Waals surface area contributed by atoms with Crippen molar-refractivity contribution < 1.29 is 19.4 Å². The molecule has 2 aromatic heterocycles. The second-order valence-electron chi connectivity index (χ2n) is 8.13. The maximum Gasteiger partial charge on any atom is 0.350 e. The first-order valence-electron chi connectivity index (χ1n) is 11.4. The largest absolute Gasteiger partial charge is 0.494 e. The van der Waals surface area contributed by atoms with E-state index in [0.29, 0.717) is 22.9 Å². The van der Waals surface area contributed by atoms with E-state index in [1.807, 2.05) is 53.2 Å². The summed E-state index contributed by atoms with van der Waals surface area (Å²) in [6.07, 6.45) is 3.22. The van der Waals surface area contributed by atoms with Crippen LogP contribution in [0.5, 0.6) is 5.75 Å². The molecule has 0 spiro atoms. The van der Waals surface area contributed by atoms with Crippen LogP contribution in [-0.2, 0) is 15.1 Å². The highest BCUT2D eigenvalue weighted by atomic mass is 32.1. The summed E-state index contributed by atoms with van der Waals surface area (Å²) >= 11 is 2.70. The van der Waals surface area contributed by atoms with Crippen LogP contribution in [0.3, 0.4) is 0 Å². The third-order valence-electron chi connectivity index (χ3n) is 5.80. The van der Waals surface area contributed by atoms with E-state index in [2.05, 4.69) is 6.92 Å². The molecule has 1 fully saturated rings. The first-order chi connectivity index (χ1) is 16.1. The summed E-state index contributed by atoms with van der Waals surface area (Å²) in [6, 6.07) is 16.9. The molecule has 0 aliphatic heterocycles. The number of nitrogens with zero attached hydrogens (tertiary/aromatic N) is 1. The molecule has 1 aliphatic rings. The molecule has 5 nitrogen and oxygen atoms in total. The van der Waals surface area contributed by atoms with Gasteiger partial charge in [0.2, 0.25) is 5.60 Å². The zero-order valence-electron chi connectivity index (χ0n) is 18.7.